The highest BCUT2D eigenvalue weighted by molar-refractivity contribution is 5.77. The molecule has 0 saturated carbocycles. The van der Waals surface area contributed by atoms with Gasteiger partial charge >= 0.3 is 0 Å². The number of hydrogen-bond donors (Lipinski definition) is 0. The summed E-state index contributed by atoms with van der Waals surface area (Å²) < 4.78 is 4.32. The minimum atomic E-state index is -0.570. The molecule has 0 N–H and O–H groups in total. The zero-order valence-corrected chi connectivity index (χ0v) is 7.13. The summed E-state index contributed by atoms with van der Waals surface area (Å²) in [6.45, 7) is 1.62. The van der Waals surface area contributed by atoms with E-state index in [1.807, 2.05) is 0 Å². The van der Waals surface area contributed by atoms with Crippen LogP contribution in [0.25, 0.3) is 11.0 Å². The van der Waals surface area contributed by atoms with Crippen LogP contribution in [0.5, 0.6) is 0 Å². The molecule has 1 heterocycles. The fourth-order valence-electron chi connectivity index (χ4n) is 1.23. The smallest absolute Gasteiger partial charge is 0.274 e. The van der Waals surface area contributed by atoms with Crippen LogP contribution >= 0.6 is 0 Å². The minimum absolute atomic E-state index is 0.0664. The van der Waals surface area contributed by atoms with Crippen LogP contribution in [0.15, 0.2) is 16.8 Å². The topological polar surface area (TPSA) is 96.1 Å². The molecule has 1 aromatic heterocycles. The predicted octanol–water partition coefficient (Wildman–Crippen LogP) is 0.678. The molecular formula is C7H5N3O4. The Hall–Kier alpha value is -2.18. The van der Waals surface area contributed by atoms with Crippen molar-refractivity contribution in [2.75, 3.05) is 0 Å². The Morgan fingerprint density at radius 3 is 2.93 bits per heavy atom. The number of nitro benzene ring substituents is 1. The van der Waals surface area contributed by atoms with Gasteiger partial charge in [0.1, 0.15) is 0 Å². The van der Waals surface area contributed by atoms with Gasteiger partial charge in [-0.2, -0.15) is 0 Å². The first-order valence-electron chi connectivity index (χ1n) is 3.74. The van der Waals surface area contributed by atoms with Gasteiger partial charge in [0.05, 0.1) is 11.0 Å². The van der Waals surface area contributed by atoms with Gasteiger partial charge in [0, 0.05) is 16.8 Å². The van der Waals surface area contributed by atoms with Crippen LogP contribution < -0.4 is 4.90 Å². The van der Waals surface area contributed by atoms with E-state index in [1.165, 1.54) is 6.07 Å². The molecule has 7 heteroatoms. The van der Waals surface area contributed by atoms with Gasteiger partial charge in [-0.05, 0) is 11.8 Å². The zero-order chi connectivity index (χ0) is 10.3. The third kappa shape index (κ3) is 1.06. The SMILES string of the molecule is Cc1cc([N+](=O)[O-])cc2c1no[n+]2[O-]. The van der Waals surface area contributed by atoms with Crippen molar-refractivity contribution in [2.24, 2.45) is 0 Å². The van der Waals surface area contributed by atoms with Crippen LogP contribution in [0.4, 0.5) is 5.69 Å². The summed E-state index contributed by atoms with van der Waals surface area (Å²) in [6, 6.07) is 2.47. The molecule has 0 amide bonds. The van der Waals surface area contributed by atoms with E-state index in [0.29, 0.717) is 11.1 Å². The predicted molar refractivity (Wildman–Crippen MR) is 44.4 cm³/mol. The van der Waals surface area contributed by atoms with Gasteiger partial charge in [0.25, 0.3) is 11.2 Å². The van der Waals surface area contributed by atoms with E-state index in [4.69, 9.17) is 0 Å². The van der Waals surface area contributed by atoms with Gasteiger partial charge < -0.3 is 5.21 Å². The van der Waals surface area contributed by atoms with E-state index in [2.05, 4.69) is 9.79 Å². The molecule has 0 spiro atoms. The maximum absolute atomic E-state index is 11.0. The van der Waals surface area contributed by atoms with Crippen LogP contribution in [0.1, 0.15) is 5.56 Å². The number of nitro groups is 1. The van der Waals surface area contributed by atoms with Gasteiger partial charge in [-0.1, -0.05) is 0 Å². The number of rotatable bonds is 1. The number of aryl methyl sites for hydroxylation is 1. The minimum Gasteiger partial charge on any atom is -0.359 e. The van der Waals surface area contributed by atoms with Crippen LogP contribution in [0, 0.1) is 22.2 Å². The first-order chi connectivity index (χ1) is 6.59. The Bertz CT molecular complexity index is 519. The van der Waals surface area contributed by atoms with Gasteiger partial charge in [0.15, 0.2) is 0 Å². The van der Waals surface area contributed by atoms with Crippen LogP contribution in [0.3, 0.4) is 0 Å². The lowest BCUT2D eigenvalue weighted by molar-refractivity contribution is -0.782. The first-order valence-corrected chi connectivity index (χ1v) is 3.74. The van der Waals surface area contributed by atoms with Gasteiger partial charge in [0.2, 0.25) is 5.52 Å². The Morgan fingerprint density at radius 1 is 1.57 bits per heavy atom. The molecule has 14 heavy (non-hydrogen) atoms. The summed E-state index contributed by atoms with van der Waals surface area (Å²) in [4.78, 5) is 10.1. The molecule has 72 valence electrons. The Balaban J connectivity index is 2.82. The lowest BCUT2D eigenvalue weighted by atomic mass is 10.2. The fraction of sp³-hybridized carbons (Fsp3) is 0.143. The standard InChI is InChI=1S/C7H5N3O4/c1-4-2-5(9(11)12)3-6-7(4)8-14-10(6)13/h2-3H,1H3. The first kappa shape index (κ1) is 8.42. The van der Waals surface area contributed by atoms with Gasteiger partial charge in [-0.3, -0.25) is 14.7 Å². The molecule has 0 unspecified atom stereocenters. The van der Waals surface area contributed by atoms with Crippen molar-refractivity contribution in [3.63, 3.8) is 0 Å². The summed E-state index contributed by atoms with van der Waals surface area (Å²) in [5.41, 5.74) is 0.789. The van der Waals surface area contributed by atoms with Crippen molar-refractivity contribution < 1.29 is 14.5 Å². The van der Waals surface area contributed by atoms with Crippen LogP contribution in [0.2, 0.25) is 0 Å². The average Bonchev–Trinajstić information content (AvgIpc) is 2.48. The molecule has 0 aliphatic rings. The third-order valence-corrected chi connectivity index (χ3v) is 1.88. The van der Waals surface area contributed by atoms with Crippen molar-refractivity contribution in [3.05, 3.63) is 33.0 Å². The average molecular weight is 195 g/mol. The van der Waals surface area contributed by atoms with Crippen LogP contribution in [-0.4, -0.2) is 10.1 Å². The quantitative estimate of drug-likeness (QED) is 0.378. The zero-order valence-electron chi connectivity index (χ0n) is 7.13. The van der Waals surface area contributed by atoms with E-state index in [-0.39, 0.29) is 16.1 Å². The molecule has 0 aliphatic carbocycles. The highest BCUT2D eigenvalue weighted by atomic mass is 16.8. The molecule has 2 rings (SSSR count). The molecule has 1 aromatic carbocycles. The molecule has 0 bridgehead atoms. The van der Waals surface area contributed by atoms with E-state index >= 15 is 0 Å². The molecule has 7 nitrogen and oxygen atoms in total. The maximum Gasteiger partial charge on any atom is 0.274 e. The molecule has 2 aromatic rings. The number of nitrogens with zero attached hydrogens (tertiary/aromatic N) is 3. The number of non-ortho nitro benzene ring substituents is 1. The summed E-state index contributed by atoms with van der Waals surface area (Å²) >= 11 is 0. The number of hydrogen-bond acceptors (Lipinski definition) is 5. The molecular weight excluding hydrogens is 190 g/mol. The molecule has 0 atom stereocenters. The van der Waals surface area contributed by atoms with E-state index < -0.39 is 4.92 Å². The summed E-state index contributed by atoms with van der Waals surface area (Å²) in [5.74, 6) is 0. The second-order valence-electron chi connectivity index (χ2n) is 2.82. The Labute approximate surface area is 77.2 Å². The molecule has 0 aliphatic heterocycles. The monoisotopic (exact) mass is 195 g/mol. The number of benzene rings is 1. The fourth-order valence-corrected chi connectivity index (χ4v) is 1.23. The molecule has 0 radical (unpaired) electrons. The largest absolute Gasteiger partial charge is 0.359 e. The summed E-state index contributed by atoms with van der Waals surface area (Å²) in [7, 11) is 0. The van der Waals surface area contributed by atoms with E-state index in [9.17, 15) is 15.3 Å². The lowest BCUT2D eigenvalue weighted by Gasteiger charge is -1.92. The second-order valence-corrected chi connectivity index (χ2v) is 2.82. The molecule has 0 saturated heterocycles. The van der Waals surface area contributed by atoms with Crippen molar-refractivity contribution in [3.8, 4) is 0 Å². The third-order valence-electron chi connectivity index (χ3n) is 1.88. The number of aromatic nitrogens is 2. The normalized spacial score (nSPS) is 10.6. The van der Waals surface area contributed by atoms with Crippen molar-refractivity contribution in [1.29, 1.82) is 0 Å². The lowest BCUT2D eigenvalue weighted by Crippen LogP contribution is -2.22. The summed E-state index contributed by atoms with van der Waals surface area (Å²) in [5, 5.41) is 24.9. The van der Waals surface area contributed by atoms with E-state index in [1.54, 1.807) is 6.92 Å². The van der Waals surface area contributed by atoms with Crippen molar-refractivity contribution >= 4 is 16.7 Å². The summed E-state index contributed by atoms with van der Waals surface area (Å²) in [6.07, 6.45) is 0. The van der Waals surface area contributed by atoms with Crippen molar-refractivity contribution in [1.82, 2.24) is 5.16 Å². The number of fused-ring (bicyclic) bond motifs is 1. The van der Waals surface area contributed by atoms with E-state index in [0.717, 1.165) is 6.07 Å². The Kier molecular flexibility index (Phi) is 1.60. The van der Waals surface area contributed by atoms with Gasteiger partial charge in [-0.15, -0.1) is 0 Å². The second kappa shape index (κ2) is 2.66. The van der Waals surface area contributed by atoms with Crippen LogP contribution in [-0.2, 0) is 0 Å². The molecule has 0 fully saturated rings. The maximum atomic E-state index is 11.0. The highest BCUT2D eigenvalue weighted by Crippen LogP contribution is 2.20. The van der Waals surface area contributed by atoms with Crippen molar-refractivity contribution in [2.45, 2.75) is 6.92 Å². The Morgan fingerprint density at radius 2 is 2.29 bits per heavy atom. The highest BCUT2D eigenvalue weighted by Gasteiger charge is 2.18. The van der Waals surface area contributed by atoms with Gasteiger partial charge in [-0.25, -0.2) is 0 Å².